The zero-order valence-corrected chi connectivity index (χ0v) is 18.2. The molecule has 0 radical (unpaired) electrons. The van der Waals surface area contributed by atoms with Crippen LogP contribution in [-0.2, 0) is 19.6 Å². The van der Waals surface area contributed by atoms with Gasteiger partial charge in [0.2, 0.25) is 15.9 Å². The average Bonchev–Trinajstić information content (AvgIpc) is 2.71. The highest BCUT2D eigenvalue weighted by Crippen LogP contribution is 2.25. The van der Waals surface area contributed by atoms with Crippen molar-refractivity contribution in [2.24, 2.45) is 0 Å². The van der Waals surface area contributed by atoms with Crippen molar-refractivity contribution < 1.29 is 22.7 Å². The van der Waals surface area contributed by atoms with Crippen LogP contribution in [0.2, 0.25) is 0 Å². The predicted molar refractivity (Wildman–Crippen MR) is 110 cm³/mol. The standard InChI is InChI=1S/C20H31N3O5S/c1-16-8-4-5-12-23(16)29(26,27)18-10-6-9-17(14-18)20(25)22(2)15-19(24)21-11-7-13-28-3/h6,9-10,14,16H,4-5,7-8,11-13,15H2,1-3H3,(H,21,24). The second-order valence-corrected chi connectivity index (χ2v) is 9.24. The number of hydrogen-bond acceptors (Lipinski definition) is 5. The predicted octanol–water partition coefficient (Wildman–Crippen LogP) is 1.47. The molecule has 1 unspecified atom stereocenters. The SMILES string of the molecule is COCCCNC(=O)CN(C)C(=O)c1cccc(S(=O)(=O)N2CCCCC2C)c1. The summed E-state index contributed by atoms with van der Waals surface area (Å²) in [5.74, 6) is -0.677. The third-order valence-corrected chi connectivity index (χ3v) is 7.01. The Morgan fingerprint density at radius 2 is 2.07 bits per heavy atom. The molecule has 1 fully saturated rings. The van der Waals surface area contributed by atoms with E-state index < -0.39 is 15.9 Å². The first kappa shape index (κ1) is 23.3. The summed E-state index contributed by atoms with van der Waals surface area (Å²) < 4.78 is 32.5. The summed E-state index contributed by atoms with van der Waals surface area (Å²) in [6.45, 7) is 3.31. The maximum atomic E-state index is 13.0. The second-order valence-electron chi connectivity index (χ2n) is 7.35. The first-order chi connectivity index (χ1) is 13.8. The molecular formula is C20H31N3O5S. The molecule has 1 aromatic carbocycles. The van der Waals surface area contributed by atoms with E-state index in [-0.39, 0.29) is 29.0 Å². The number of carbonyl (C=O) groups excluding carboxylic acids is 2. The van der Waals surface area contributed by atoms with Gasteiger partial charge in [-0.15, -0.1) is 0 Å². The van der Waals surface area contributed by atoms with Gasteiger partial charge in [-0.05, 0) is 44.4 Å². The van der Waals surface area contributed by atoms with Crippen molar-refractivity contribution in [2.75, 3.05) is 40.4 Å². The first-order valence-electron chi connectivity index (χ1n) is 9.90. The van der Waals surface area contributed by atoms with E-state index in [2.05, 4.69) is 5.32 Å². The van der Waals surface area contributed by atoms with Crippen LogP contribution in [0, 0.1) is 0 Å². The highest BCUT2D eigenvalue weighted by atomic mass is 32.2. The summed E-state index contributed by atoms with van der Waals surface area (Å²) in [5.41, 5.74) is 0.241. The lowest BCUT2D eigenvalue weighted by atomic mass is 10.1. The van der Waals surface area contributed by atoms with Gasteiger partial charge in [0.15, 0.2) is 0 Å². The lowest BCUT2D eigenvalue weighted by Crippen LogP contribution is -2.42. The Morgan fingerprint density at radius 1 is 1.31 bits per heavy atom. The van der Waals surface area contributed by atoms with E-state index in [1.54, 1.807) is 19.2 Å². The molecule has 29 heavy (non-hydrogen) atoms. The van der Waals surface area contributed by atoms with Crippen LogP contribution in [0.4, 0.5) is 0 Å². The number of benzene rings is 1. The van der Waals surface area contributed by atoms with Gasteiger partial charge in [-0.3, -0.25) is 9.59 Å². The van der Waals surface area contributed by atoms with Gasteiger partial charge in [0.05, 0.1) is 11.4 Å². The molecule has 1 saturated heterocycles. The van der Waals surface area contributed by atoms with Gasteiger partial charge >= 0.3 is 0 Å². The zero-order valence-electron chi connectivity index (χ0n) is 17.4. The smallest absolute Gasteiger partial charge is 0.254 e. The Bertz CT molecular complexity index is 812. The molecule has 1 atom stereocenters. The Hall–Kier alpha value is -1.97. The maximum absolute atomic E-state index is 13.0. The van der Waals surface area contributed by atoms with Crippen molar-refractivity contribution in [1.29, 1.82) is 0 Å². The number of carbonyl (C=O) groups is 2. The Morgan fingerprint density at radius 3 is 2.76 bits per heavy atom. The minimum atomic E-state index is -3.66. The minimum absolute atomic E-state index is 0.0578. The lowest BCUT2D eigenvalue weighted by molar-refractivity contribution is -0.121. The topological polar surface area (TPSA) is 96.0 Å². The highest BCUT2D eigenvalue weighted by molar-refractivity contribution is 7.89. The zero-order chi connectivity index (χ0) is 21.4. The van der Waals surface area contributed by atoms with E-state index in [4.69, 9.17) is 4.74 Å². The minimum Gasteiger partial charge on any atom is -0.385 e. The molecule has 1 aromatic rings. The van der Waals surface area contributed by atoms with Gasteiger partial charge in [-0.25, -0.2) is 8.42 Å². The van der Waals surface area contributed by atoms with E-state index in [9.17, 15) is 18.0 Å². The molecule has 0 spiro atoms. The molecule has 0 saturated carbocycles. The van der Waals surface area contributed by atoms with Crippen LogP contribution in [-0.4, -0.2) is 75.9 Å². The molecule has 9 heteroatoms. The van der Waals surface area contributed by atoms with Gasteiger partial charge in [0.1, 0.15) is 0 Å². The Kier molecular flexibility index (Phi) is 8.60. The third-order valence-electron chi connectivity index (χ3n) is 5.00. The van der Waals surface area contributed by atoms with Crippen LogP contribution in [0.25, 0.3) is 0 Å². The van der Waals surface area contributed by atoms with Crippen molar-refractivity contribution in [1.82, 2.24) is 14.5 Å². The van der Waals surface area contributed by atoms with E-state index in [1.165, 1.54) is 28.4 Å². The number of methoxy groups -OCH3 is 1. The molecule has 2 amide bonds. The molecule has 0 aliphatic carbocycles. The number of rotatable bonds is 9. The fourth-order valence-corrected chi connectivity index (χ4v) is 5.11. The molecule has 162 valence electrons. The van der Waals surface area contributed by atoms with Gasteiger partial charge in [0, 0.05) is 45.5 Å². The number of likely N-dealkylation sites (N-methyl/N-ethyl adjacent to an activating group) is 1. The molecule has 0 aromatic heterocycles. The van der Waals surface area contributed by atoms with Gasteiger partial charge in [0.25, 0.3) is 5.91 Å². The lowest BCUT2D eigenvalue weighted by Gasteiger charge is -2.32. The fourth-order valence-electron chi connectivity index (χ4n) is 3.36. The second kappa shape index (κ2) is 10.7. The van der Waals surface area contributed by atoms with Crippen LogP contribution in [0.5, 0.6) is 0 Å². The Labute approximate surface area is 173 Å². The maximum Gasteiger partial charge on any atom is 0.254 e. The van der Waals surface area contributed by atoms with Crippen LogP contribution in [0.1, 0.15) is 43.0 Å². The van der Waals surface area contributed by atoms with Crippen molar-refractivity contribution in [3.8, 4) is 0 Å². The number of ether oxygens (including phenoxy) is 1. The Balaban J connectivity index is 2.05. The van der Waals surface area contributed by atoms with Gasteiger partial charge in [-0.1, -0.05) is 12.5 Å². The molecule has 1 N–H and O–H groups in total. The number of hydrogen-bond donors (Lipinski definition) is 1. The average molecular weight is 426 g/mol. The monoisotopic (exact) mass is 425 g/mol. The van der Waals surface area contributed by atoms with E-state index in [0.29, 0.717) is 26.1 Å². The largest absolute Gasteiger partial charge is 0.385 e. The number of nitrogens with one attached hydrogen (secondary N) is 1. The van der Waals surface area contributed by atoms with Crippen LogP contribution < -0.4 is 5.32 Å². The molecule has 0 bridgehead atoms. The molecule has 1 aliphatic heterocycles. The molecular weight excluding hydrogens is 394 g/mol. The summed E-state index contributed by atoms with van der Waals surface area (Å²) in [4.78, 5) is 26.1. The van der Waals surface area contributed by atoms with E-state index >= 15 is 0 Å². The molecule has 8 nitrogen and oxygen atoms in total. The van der Waals surface area contributed by atoms with E-state index in [0.717, 1.165) is 19.3 Å². The summed E-state index contributed by atoms with van der Waals surface area (Å²) in [7, 11) is -0.551. The van der Waals surface area contributed by atoms with Gasteiger partial charge < -0.3 is 15.0 Å². The highest BCUT2D eigenvalue weighted by Gasteiger charge is 2.31. The van der Waals surface area contributed by atoms with Crippen molar-refractivity contribution in [3.63, 3.8) is 0 Å². The number of amides is 2. The summed E-state index contributed by atoms with van der Waals surface area (Å²) in [6, 6.07) is 5.97. The van der Waals surface area contributed by atoms with Gasteiger partial charge in [-0.2, -0.15) is 4.31 Å². The van der Waals surface area contributed by atoms with E-state index in [1.807, 2.05) is 6.92 Å². The van der Waals surface area contributed by atoms with Crippen LogP contribution in [0.3, 0.4) is 0 Å². The first-order valence-corrected chi connectivity index (χ1v) is 11.3. The van der Waals surface area contributed by atoms with Crippen LogP contribution >= 0.6 is 0 Å². The van der Waals surface area contributed by atoms with Crippen molar-refractivity contribution in [2.45, 2.75) is 43.5 Å². The van der Waals surface area contributed by atoms with Crippen molar-refractivity contribution >= 4 is 21.8 Å². The summed E-state index contributed by atoms with van der Waals surface area (Å²) >= 11 is 0. The summed E-state index contributed by atoms with van der Waals surface area (Å²) in [5, 5.41) is 2.72. The molecule has 2 rings (SSSR count). The normalized spacial score (nSPS) is 17.7. The quantitative estimate of drug-likeness (QED) is 0.605. The number of nitrogens with zero attached hydrogens (tertiary/aromatic N) is 2. The molecule has 1 heterocycles. The fraction of sp³-hybridized carbons (Fsp3) is 0.600. The summed E-state index contributed by atoms with van der Waals surface area (Å²) in [6.07, 6.45) is 3.38. The van der Waals surface area contributed by atoms with Crippen molar-refractivity contribution in [3.05, 3.63) is 29.8 Å². The molecule has 1 aliphatic rings. The van der Waals surface area contributed by atoms with Crippen LogP contribution in [0.15, 0.2) is 29.2 Å². The number of sulfonamides is 1. The third kappa shape index (κ3) is 6.25. The number of piperidine rings is 1.